The SMILES string of the molecule is CCNC(=NCc1c(OC)cc(OC)cc1OC)N1CCN(c2ncccn2)CC1. The molecule has 0 atom stereocenters. The van der Waals surface area contributed by atoms with Crippen LogP contribution in [0, 0.1) is 0 Å². The van der Waals surface area contributed by atoms with E-state index in [1.54, 1.807) is 33.7 Å². The van der Waals surface area contributed by atoms with Gasteiger partial charge in [-0.3, -0.25) is 0 Å². The Balaban J connectivity index is 1.74. The summed E-state index contributed by atoms with van der Waals surface area (Å²) in [7, 11) is 4.89. The molecule has 1 aliphatic heterocycles. The van der Waals surface area contributed by atoms with Crippen molar-refractivity contribution in [3.05, 3.63) is 36.2 Å². The number of ether oxygens (including phenoxy) is 3. The Bertz CT molecular complexity index is 813. The number of hydrogen-bond acceptors (Lipinski definition) is 7. The molecule has 0 aliphatic carbocycles. The standard InChI is InChI=1S/C21H30N6O3/c1-5-22-20(26-9-11-27(12-10-26)21-23-7-6-8-24-21)25-15-17-18(29-3)13-16(28-2)14-19(17)30-4/h6-8,13-14H,5,9-12,15H2,1-4H3,(H,22,25). The van der Waals surface area contributed by atoms with E-state index in [1.165, 1.54) is 0 Å². The van der Waals surface area contributed by atoms with E-state index in [4.69, 9.17) is 19.2 Å². The lowest BCUT2D eigenvalue weighted by molar-refractivity contribution is 0.364. The van der Waals surface area contributed by atoms with Gasteiger partial charge in [-0.15, -0.1) is 0 Å². The molecular weight excluding hydrogens is 384 g/mol. The molecular formula is C21H30N6O3. The van der Waals surface area contributed by atoms with Crippen LogP contribution in [0.25, 0.3) is 0 Å². The average Bonchev–Trinajstić information content (AvgIpc) is 2.82. The second-order valence-corrected chi connectivity index (χ2v) is 6.70. The molecule has 1 aliphatic rings. The van der Waals surface area contributed by atoms with Gasteiger partial charge in [-0.1, -0.05) is 0 Å². The fourth-order valence-corrected chi connectivity index (χ4v) is 3.39. The summed E-state index contributed by atoms with van der Waals surface area (Å²) in [5.41, 5.74) is 0.882. The molecule has 9 nitrogen and oxygen atoms in total. The highest BCUT2D eigenvalue weighted by Gasteiger charge is 2.21. The molecule has 0 bridgehead atoms. The third kappa shape index (κ3) is 5.03. The van der Waals surface area contributed by atoms with Gasteiger partial charge in [-0.25, -0.2) is 15.0 Å². The van der Waals surface area contributed by atoms with Crippen LogP contribution in [0.4, 0.5) is 5.95 Å². The molecule has 9 heteroatoms. The average molecular weight is 415 g/mol. The Morgan fingerprint density at radius 3 is 2.17 bits per heavy atom. The highest BCUT2D eigenvalue weighted by molar-refractivity contribution is 5.80. The Labute approximate surface area is 177 Å². The lowest BCUT2D eigenvalue weighted by Crippen LogP contribution is -2.53. The first-order valence-corrected chi connectivity index (χ1v) is 10.0. The minimum absolute atomic E-state index is 0.431. The van der Waals surface area contributed by atoms with Gasteiger partial charge in [0.2, 0.25) is 5.95 Å². The maximum Gasteiger partial charge on any atom is 0.225 e. The van der Waals surface area contributed by atoms with Crippen molar-refractivity contribution in [2.45, 2.75) is 13.5 Å². The molecule has 162 valence electrons. The summed E-state index contributed by atoms with van der Waals surface area (Å²) in [5, 5.41) is 3.39. The number of guanidine groups is 1. The molecule has 0 unspecified atom stereocenters. The molecule has 0 spiro atoms. The second kappa shape index (κ2) is 10.5. The minimum Gasteiger partial charge on any atom is -0.496 e. The van der Waals surface area contributed by atoms with Crippen molar-refractivity contribution < 1.29 is 14.2 Å². The number of nitrogens with zero attached hydrogens (tertiary/aromatic N) is 5. The van der Waals surface area contributed by atoms with Crippen LogP contribution >= 0.6 is 0 Å². The fraction of sp³-hybridized carbons (Fsp3) is 0.476. The lowest BCUT2D eigenvalue weighted by Gasteiger charge is -2.36. The van der Waals surface area contributed by atoms with Crippen LogP contribution in [0.15, 0.2) is 35.6 Å². The van der Waals surface area contributed by atoms with Crippen LogP contribution in [0.5, 0.6) is 17.2 Å². The third-order valence-corrected chi connectivity index (χ3v) is 4.95. The molecule has 3 rings (SSSR count). The molecule has 0 amide bonds. The normalized spacial score (nSPS) is 14.5. The fourth-order valence-electron chi connectivity index (χ4n) is 3.39. The molecule has 2 heterocycles. The number of aliphatic imine (C=N–C) groups is 1. The van der Waals surface area contributed by atoms with Crippen molar-refractivity contribution in [1.82, 2.24) is 20.2 Å². The van der Waals surface area contributed by atoms with Crippen molar-refractivity contribution in [2.24, 2.45) is 4.99 Å². The molecule has 2 aromatic rings. The van der Waals surface area contributed by atoms with Crippen molar-refractivity contribution >= 4 is 11.9 Å². The Hall–Kier alpha value is -3.23. The predicted molar refractivity (Wildman–Crippen MR) is 117 cm³/mol. The van der Waals surface area contributed by atoms with E-state index < -0.39 is 0 Å². The zero-order valence-electron chi connectivity index (χ0n) is 18.1. The molecule has 1 fully saturated rings. The maximum absolute atomic E-state index is 5.55. The van der Waals surface area contributed by atoms with E-state index in [0.29, 0.717) is 23.8 Å². The van der Waals surface area contributed by atoms with Crippen LogP contribution in [0.1, 0.15) is 12.5 Å². The summed E-state index contributed by atoms with van der Waals surface area (Å²) < 4.78 is 16.4. The van der Waals surface area contributed by atoms with Gasteiger partial charge in [-0.05, 0) is 13.0 Å². The Morgan fingerprint density at radius 1 is 1.00 bits per heavy atom. The highest BCUT2D eigenvalue weighted by atomic mass is 16.5. The van der Waals surface area contributed by atoms with Gasteiger partial charge in [0.25, 0.3) is 0 Å². The number of anilines is 1. The summed E-state index contributed by atoms with van der Waals surface area (Å²) >= 11 is 0. The van der Waals surface area contributed by atoms with Crippen LogP contribution in [-0.4, -0.2) is 74.9 Å². The number of methoxy groups -OCH3 is 3. The highest BCUT2D eigenvalue weighted by Crippen LogP contribution is 2.34. The van der Waals surface area contributed by atoms with E-state index in [-0.39, 0.29) is 0 Å². The topological polar surface area (TPSA) is 84.3 Å². The summed E-state index contributed by atoms with van der Waals surface area (Å²) in [6.07, 6.45) is 3.55. The van der Waals surface area contributed by atoms with E-state index >= 15 is 0 Å². The zero-order valence-corrected chi connectivity index (χ0v) is 18.1. The summed E-state index contributed by atoms with van der Waals surface area (Å²) in [6.45, 7) is 6.63. The summed E-state index contributed by atoms with van der Waals surface area (Å²) in [6, 6.07) is 5.52. The van der Waals surface area contributed by atoms with Crippen LogP contribution in [0.3, 0.4) is 0 Å². The van der Waals surface area contributed by atoms with E-state index in [0.717, 1.165) is 50.2 Å². The van der Waals surface area contributed by atoms with Gasteiger partial charge < -0.3 is 29.3 Å². The summed E-state index contributed by atoms with van der Waals surface area (Å²) in [5.74, 6) is 3.70. The van der Waals surface area contributed by atoms with E-state index in [9.17, 15) is 0 Å². The van der Waals surface area contributed by atoms with Gasteiger partial charge in [0, 0.05) is 57.3 Å². The first-order chi connectivity index (χ1) is 14.7. The maximum atomic E-state index is 5.55. The smallest absolute Gasteiger partial charge is 0.225 e. The number of piperazine rings is 1. The molecule has 1 saturated heterocycles. The zero-order chi connectivity index (χ0) is 21.3. The Kier molecular flexibility index (Phi) is 7.53. The molecule has 0 saturated carbocycles. The van der Waals surface area contributed by atoms with Crippen LogP contribution < -0.4 is 24.4 Å². The monoisotopic (exact) mass is 414 g/mol. The molecule has 1 N–H and O–H groups in total. The molecule has 0 radical (unpaired) electrons. The second-order valence-electron chi connectivity index (χ2n) is 6.70. The van der Waals surface area contributed by atoms with Crippen molar-refractivity contribution in [1.29, 1.82) is 0 Å². The first-order valence-electron chi connectivity index (χ1n) is 10.0. The summed E-state index contributed by atoms with van der Waals surface area (Å²) in [4.78, 5) is 18.0. The largest absolute Gasteiger partial charge is 0.496 e. The van der Waals surface area contributed by atoms with Crippen molar-refractivity contribution in [3.8, 4) is 17.2 Å². The number of benzene rings is 1. The molecule has 30 heavy (non-hydrogen) atoms. The lowest BCUT2D eigenvalue weighted by atomic mass is 10.1. The molecule has 1 aromatic carbocycles. The van der Waals surface area contributed by atoms with Gasteiger partial charge in [-0.2, -0.15) is 0 Å². The van der Waals surface area contributed by atoms with Crippen molar-refractivity contribution in [3.63, 3.8) is 0 Å². The quantitative estimate of drug-likeness (QED) is 0.542. The van der Waals surface area contributed by atoms with Crippen LogP contribution in [0.2, 0.25) is 0 Å². The van der Waals surface area contributed by atoms with Crippen LogP contribution in [-0.2, 0) is 6.54 Å². The number of aromatic nitrogens is 2. The number of nitrogens with one attached hydrogen (secondary N) is 1. The van der Waals surface area contributed by atoms with Gasteiger partial charge in [0.05, 0.1) is 33.4 Å². The molecule has 1 aromatic heterocycles. The third-order valence-electron chi connectivity index (χ3n) is 4.95. The number of rotatable bonds is 7. The van der Waals surface area contributed by atoms with Crippen molar-refractivity contribution in [2.75, 3.05) is 59.0 Å². The van der Waals surface area contributed by atoms with Gasteiger partial charge in [0.15, 0.2) is 5.96 Å². The minimum atomic E-state index is 0.431. The van der Waals surface area contributed by atoms with E-state index in [1.807, 2.05) is 18.2 Å². The van der Waals surface area contributed by atoms with Gasteiger partial charge >= 0.3 is 0 Å². The number of hydrogen-bond donors (Lipinski definition) is 1. The first kappa shape index (κ1) is 21.5. The van der Waals surface area contributed by atoms with E-state index in [2.05, 4.69) is 32.0 Å². The Morgan fingerprint density at radius 2 is 1.63 bits per heavy atom. The van der Waals surface area contributed by atoms with Gasteiger partial charge in [0.1, 0.15) is 17.2 Å². The predicted octanol–water partition coefficient (Wildman–Crippen LogP) is 1.79.